The highest BCUT2D eigenvalue weighted by atomic mass is 16.5. The van der Waals surface area contributed by atoms with Gasteiger partial charge in [0.05, 0.1) is 6.61 Å². The number of imidazole rings is 1. The molecule has 5 heteroatoms. The number of ether oxygens (including phenoxy) is 1. The lowest BCUT2D eigenvalue weighted by atomic mass is 10.0. The molecule has 1 saturated heterocycles. The van der Waals surface area contributed by atoms with Crippen LogP contribution in [0.5, 0.6) is 5.75 Å². The van der Waals surface area contributed by atoms with Crippen molar-refractivity contribution in [3.8, 4) is 11.4 Å². The Morgan fingerprint density at radius 3 is 2.82 bits per heavy atom. The summed E-state index contributed by atoms with van der Waals surface area (Å²) in [6, 6.07) is 11.0. The standard InChI is InChI=1S/C17H17N3O2/c21-14-7-5-13(6-8-14)20-16(12-3-2-10-22-11-12)19-15-4-1-9-18-17(15)20/h1,4-9,12,21H,2-3,10-11H2. The number of benzene rings is 1. The number of phenols is 1. The number of pyridine rings is 1. The van der Waals surface area contributed by atoms with E-state index in [0.717, 1.165) is 42.1 Å². The van der Waals surface area contributed by atoms with E-state index in [0.29, 0.717) is 6.61 Å². The number of aromatic hydroxyl groups is 1. The highest BCUT2D eigenvalue weighted by molar-refractivity contribution is 5.74. The molecule has 0 radical (unpaired) electrons. The van der Waals surface area contributed by atoms with Gasteiger partial charge in [-0.2, -0.15) is 0 Å². The van der Waals surface area contributed by atoms with Crippen molar-refractivity contribution in [3.63, 3.8) is 0 Å². The summed E-state index contributed by atoms with van der Waals surface area (Å²) in [4.78, 5) is 9.29. The lowest BCUT2D eigenvalue weighted by Gasteiger charge is -2.22. The number of hydrogen-bond acceptors (Lipinski definition) is 4. The second-order valence-corrected chi connectivity index (χ2v) is 5.58. The fraction of sp³-hybridized carbons (Fsp3) is 0.294. The Kier molecular flexibility index (Phi) is 3.27. The van der Waals surface area contributed by atoms with Crippen LogP contribution in [0.25, 0.3) is 16.9 Å². The predicted octanol–water partition coefficient (Wildman–Crippen LogP) is 3.02. The topological polar surface area (TPSA) is 60.2 Å². The molecule has 1 unspecified atom stereocenters. The van der Waals surface area contributed by atoms with Crippen molar-refractivity contribution in [1.29, 1.82) is 0 Å². The van der Waals surface area contributed by atoms with E-state index in [2.05, 4.69) is 9.55 Å². The third kappa shape index (κ3) is 2.23. The minimum absolute atomic E-state index is 0.253. The van der Waals surface area contributed by atoms with Gasteiger partial charge in [0.1, 0.15) is 17.1 Å². The molecule has 112 valence electrons. The SMILES string of the molecule is Oc1ccc(-n2c(C3CCCOC3)nc3cccnc32)cc1. The number of rotatable bonds is 2. The molecule has 22 heavy (non-hydrogen) atoms. The van der Waals surface area contributed by atoms with Crippen molar-refractivity contribution < 1.29 is 9.84 Å². The summed E-state index contributed by atoms with van der Waals surface area (Å²) in [6.45, 7) is 1.52. The van der Waals surface area contributed by atoms with Crippen LogP contribution in [-0.2, 0) is 4.74 Å². The van der Waals surface area contributed by atoms with E-state index >= 15 is 0 Å². The fourth-order valence-corrected chi connectivity index (χ4v) is 3.00. The van der Waals surface area contributed by atoms with Crippen LogP contribution in [0, 0.1) is 0 Å². The smallest absolute Gasteiger partial charge is 0.164 e. The summed E-state index contributed by atoms with van der Waals surface area (Å²) in [5, 5.41) is 9.52. The Morgan fingerprint density at radius 2 is 2.05 bits per heavy atom. The van der Waals surface area contributed by atoms with Crippen LogP contribution in [0.1, 0.15) is 24.6 Å². The van der Waals surface area contributed by atoms with Gasteiger partial charge in [0, 0.05) is 24.4 Å². The maximum absolute atomic E-state index is 9.52. The van der Waals surface area contributed by atoms with Gasteiger partial charge in [-0.1, -0.05) is 0 Å². The largest absolute Gasteiger partial charge is 0.508 e. The molecule has 4 rings (SSSR count). The van der Waals surface area contributed by atoms with Crippen molar-refractivity contribution in [1.82, 2.24) is 14.5 Å². The van der Waals surface area contributed by atoms with E-state index in [1.165, 1.54) is 0 Å². The lowest BCUT2D eigenvalue weighted by Crippen LogP contribution is -2.19. The number of hydrogen-bond donors (Lipinski definition) is 1. The Labute approximate surface area is 128 Å². The minimum Gasteiger partial charge on any atom is -0.508 e. The molecule has 2 aromatic heterocycles. The Bertz CT molecular complexity index is 789. The predicted molar refractivity (Wildman–Crippen MR) is 83.3 cm³/mol. The lowest BCUT2D eigenvalue weighted by molar-refractivity contribution is 0.0778. The molecule has 3 heterocycles. The normalized spacial score (nSPS) is 18.6. The maximum Gasteiger partial charge on any atom is 0.164 e. The minimum atomic E-state index is 0.253. The highest BCUT2D eigenvalue weighted by Gasteiger charge is 2.24. The van der Waals surface area contributed by atoms with E-state index in [1.54, 1.807) is 18.3 Å². The summed E-state index contributed by atoms with van der Waals surface area (Å²) in [5.74, 6) is 1.51. The maximum atomic E-state index is 9.52. The van der Waals surface area contributed by atoms with Gasteiger partial charge >= 0.3 is 0 Å². The molecule has 5 nitrogen and oxygen atoms in total. The van der Waals surface area contributed by atoms with Gasteiger partial charge in [-0.25, -0.2) is 9.97 Å². The van der Waals surface area contributed by atoms with Crippen LogP contribution in [-0.4, -0.2) is 32.9 Å². The van der Waals surface area contributed by atoms with Gasteiger partial charge in [0.2, 0.25) is 0 Å². The fourth-order valence-electron chi connectivity index (χ4n) is 3.00. The number of aromatic nitrogens is 3. The number of phenolic OH excluding ortho intramolecular Hbond substituents is 1. The van der Waals surface area contributed by atoms with E-state index < -0.39 is 0 Å². The van der Waals surface area contributed by atoms with Crippen molar-refractivity contribution in [2.24, 2.45) is 0 Å². The molecule has 0 amide bonds. The third-order valence-corrected chi connectivity index (χ3v) is 4.08. The summed E-state index contributed by atoms with van der Waals surface area (Å²) in [7, 11) is 0. The monoisotopic (exact) mass is 295 g/mol. The van der Waals surface area contributed by atoms with Crippen LogP contribution in [0.3, 0.4) is 0 Å². The molecular formula is C17H17N3O2. The van der Waals surface area contributed by atoms with E-state index in [9.17, 15) is 5.11 Å². The molecule has 1 aliphatic rings. The van der Waals surface area contributed by atoms with Crippen LogP contribution in [0.2, 0.25) is 0 Å². The summed E-state index contributed by atoms with van der Waals surface area (Å²) in [6.07, 6.45) is 3.90. The molecule has 3 aromatic rings. The Hall–Kier alpha value is -2.40. The van der Waals surface area contributed by atoms with Crippen molar-refractivity contribution in [2.75, 3.05) is 13.2 Å². The molecule has 1 atom stereocenters. The van der Waals surface area contributed by atoms with Crippen molar-refractivity contribution in [2.45, 2.75) is 18.8 Å². The van der Waals surface area contributed by atoms with Crippen LogP contribution in [0.4, 0.5) is 0 Å². The van der Waals surface area contributed by atoms with E-state index in [-0.39, 0.29) is 11.7 Å². The molecule has 1 N–H and O–H groups in total. The van der Waals surface area contributed by atoms with Crippen molar-refractivity contribution >= 4 is 11.2 Å². The molecule has 1 aliphatic heterocycles. The van der Waals surface area contributed by atoms with E-state index in [4.69, 9.17) is 9.72 Å². The average molecular weight is 295 g/mol. The van der Waals surface area contributed by atoms with Gasteiger partial charge in [0.25, 0.3) is 0 Å². The van der Waals surface area contributed by atoms with Gasteiger partial charge in [0.15, 0.2) is 5.65 Å². The third-order valence-electron chi connectivity index (χ3n) is 4.08. The zero-order chi connectivity index (χ0) is 14.9. The number of nitrogens with zero attached hydrogens (tertiary/aromatic N) is 3. The highest BCUT2D eigenvalue weighted by Crippen LogP contribution is 2.30. The van der Waals surface area contributed by atoms with Gasteiger partial charge < -0.3 is 9.84 Å². The first-order chi connectivity index (χ1) is 10.8. The Balaban J connectivity index is 1.91. The Morgan fingerprint density at radius 1 is 1.18 bits per heavy atom. The van der Waals surface area contributed by atoms with E-state index in [1.807, 2.05) is 24.3 Å². The first kappa shape index (κ1) is 13.3. The van der Waals surface area contributed by atoms with Crippen LogP contribution < -0.4 is 0 Å². The first-order valence-corrected chi connectivity index (χ1v) is 7.53. The molecule has 0 aliphatic carbocycles. The molecule has 1 fully saturated rings. The quantitative estimate of drug-likeness (QED) is 0.789. The first-order valence-electron chi connectivity index (χ1n) is 7.53. The molecule has 0 saturated carbocycles. The van der Waals surface area contributed by atoms with Crippen LogP contribution >= 0.6 is 0 Å². The molecule has 1 aromatic carbocycles. The molecule has 0 bridgehead atoms. The van der Waals surface area contributed by atoms with Gasteiger partial charge in [-0.15, -0.1) is 0 Å². The van der Waals surface area contributed by atoms with Gasteiger partial charge in [-0.05, 0) is 49.2 Å². The second-order valence-electron chi connectivity index (χ2n) is 5.58. The second kappa shape index (κ2) is 5.42. The zero-order valence-corrected chi connectivity index (χ0v) is 12.1. The van der Waals surface area contributed by atoms with Crippen LogP contribution in [0.15, 0.2) is 42.6 Å². The molecule has 0 spiro atoms. The van der Waals surface area contributed by atoms with Crippen molar-refractivity contribution in [3.05, 3.63) is 48.4 Å². The number of fused-ring (bicyclic) bond motifs is 1. The molecular weight excluding hydrogens is 278 g/mol. The zero-order valence-electron chi connectivity index (χ0n) is 12.1. The van der Waals surface area contributed by atoms with Gasteiger partial charge in [-0.3, -0.25) is 4.57 Å². The summed E-state index contributed by atoms with van der Waals surface area (Å²) in [5.41, 5.74) is 2.68. The average Bonchev–Trinajstić information content (AvgIpc) is 2.96. The summed E-state index contributed by atoms with van der Waals surface area (Å²) >= 11 is 0. The summed E-state index contributed by atoms with van der Waals surface area (Å²) < 4.78 is 7.71.